The van der Waals surface area contributed by atoms with E-state index in [1.54, 1.807) is 6.92 Å². The summed E-state index contributed by atoms with van der Waals surface area (Å²) in [7, 11) is 2.55. The molecule has 0 bridgehead atoms. The lowest BCUT2D eigenvalue weighted by Crippen LogP contribution is -2.43. The van der Waals surface area contributed by atoms with Crippen LogP contribution in [0.2, 0.25) is 0 Å². The highest BCUT2D eigenvalue weighted by atomic mass is 16.5. The topological polar surface area (TPSA) is 52.6 Å². The molecule has 0 aromatic rings. The van der Waals surface area contributed by atoms with Gasteiger partial charge < -0.3 is 9.47 Å². The number of allylic oxidation sites excluding steroid dienone is 2. The third kappa shape index (κ3) is 3.58. The molecule has 98 valence electrons. The highest BCUT2D eigenvalue weighted by molar-refractivity contribution is 5.99. The number of esters is 2. The van der Waals surface area contributed by atoms with E-state index in [2.05, 4.69) is 0 Å². The first-order valence-electron chi connectivity index (χ1n) is 5.60. The molecule has 0 amide bonds. The van der Waals surface area contributed by atoms with E-state index in [1.807, 2.05) is 26.8 Å². The van der Waals surface area contributed by atoms with Gasteiger partial charge in [0, 0.05) is 0 Å². The summed E-state index contributed by atoms with van der Waals surface area (Å²) in [5, 5.41) is 0. The van der Waals surface area contributed by atoms with E-state index in [0.717, 1.165) is 5.57 Å². The van der Waals surface area contributed by atoms with Gasteiger partial charge in [-0.15, -0.1) is 0 Å². The fraction of sp³-hybridized carbons (Fsp3) is 0.692. The molecule has 0 aliphatic carbocycles. The molecule has 0 saturated heterocycles. The molecule has 0 rings (SSSR count). The predicted octanol–water partition coefficient (Wildman–Crippen LogP) is 2.33. The third-order valence-corrected chi connectivity index (χ3v) is 3.08. The van der Waals surface area contributed by atoms with E-state index >= 15 is 0 Å². The zero-order valence-corrected chi connectivity index (χ0v) is 11.5. The molecule has 4 nitrogen and oxygen atoms in total. The van der Waals surface area contributed by atoms with Crippen molar-refractivity contribution in [1.29, 1.82) is 0 Å². The molecule has 0 spiro atoms. The Bertz CT molecular complexity index is 297. The van der Waals surface area contributed by atoms with Crippen LogP contribution in [0.1, 0.15) is 34.1 Å². The number of rotatable bonds is 5. The van der Waals surface area contributed by atoms with E-state index < -0.39 is 17.4 Å². The molecule has 0 N–H and O–H groups in total. The van der Waals surface area contributed by atoms with Crippen LogP contribution in [-0.4, -0.2) is 26.2 Å². The minimum absolute atomic E-state index is 0.183. The van der Waals surface area contributed by atoms with Gasteiger partial charge in [0.05, 0.1) is 14.2 Å². The van der Waals surface area contributed by atoms with Gasteiger partial charge in [0.2, 0.25) is 0 Å². The molecule has 0 radical (unpaired) electrons. The molecule has 0 aromatic heterocycles. The lowest BCUT2D eigenvalue weighted by Gasteiger charge is -2.29. The Labute approximate surface area is 103 Å². The summed E-state index contributed by atoms with van der Waals surface area (Å²) in [6.07, 6.45) is 2.62. The lowest BCUT2D eigenvalue weighted by atomic mass is 9.76. The Morgan fingerprint density at radius 3 is 1.88 bits per heavy atom. The van der Waals surface area contributed by atoms with Gasteiger partial charge in [0.15, 0.2) is 5.41 Å². The van der Waals surface area contributed by atoms with Crippen LogP contribution in [0.25, 0.3) is 0 Å². The van der Waals surface area contributed by atoms with Gasteiger partial charge >= 0.3 is 11.9 Å². The van der Waals surface area contributed by atoms with Crippen molar-refractivity contribution in [3.05, 3.63) is 11.6 Å². The molecular weight excluding hydrogens is 220 g/mol. The minimum Gasteiger partial charge on any atom is -0.468 e. The second-order valence-electron chi connectivity index (χ2n) is 4.60. The molecule has 17 heavy (non-hydrogen) atoms. The average molecular weight is 242 g/mol. The van der Waals surface area contributed by atoms with Gasteiger partial charge in [0.1, 0.15) is 0 Å². The van der Waals surface area contributed by atoms with Gasteiger partial charge in [-0.3, -0.25) is 9.59 Å². The van der Waals surface area contributed by atoms with Gasteiger partial charge in [0.25, 0.3) is 0 Å². The van der Waals surface area contributed by atoms with Crippen LogP contribution in [0.3, 0.4) is 0 Å². The standard InChI is InChI=1S/C13H22O4/c1-9(2)7-8-10(3)13(4,11(14)16-5)12(15)17-6/h7,10H,8H2,1-6H3. The number of hydrogen-bond donors (Lipinski definition) is 0. The Hall–Kier alpha value is -1.32. The number of carbonyl (C=O) groups is 2. The van der Waals surface area contributed by atoms with Crippen molar-refractivity contribution in [3.63, 3.8) is 0 Å². The van der Waals surface area contributed by atoms with Crippen LogP contribution in [0.4, 0.5) is 0 Å². The fourth-order valence-electron chi connectivity index (χ4n) is 1.56. The summed E-state index contributed by atoms with van der Waals surface area (Å²) >= 11 is 0. The molecule has 0 saturated carbocycles. The number of methoxy groups -OCH3 is 2. The van der Waals surface area contributed by atoms with Gasteiger partial charge in [-0.1, -0.05) is 18.6 Å². The molecule has 4 heteroatoms. The van der Waals surface area contributed by atoms with Crippen molar-refractivity contribution in [2.24, 2.45) is 11.3 Å². The van der Waals surface area contributed by atoms with Crippen molar-refractivity contribution >= 4 is 11.9 Å². The van der Waals surface area contributed by atoms with E-state index in [0.29, 0.717) is 6.42 Å². The first-order valence-corrected chi connectivity index (χ1v) is 5.60. The molecular formula is C13H22O4. The Morgan fingerprint density at radius 2 is 1.59 bits per heavy atom. The van der Waals surface area contributed by atoms with Crippen LogP contribution in [-0.2, 0) is 19.1 Å². The maximum absolute atomic E-state index is 11.8. The predicted molar refractivity (Wildman–Crippen MR) is 65.4 cm³/mol. The summed E-state index contributed by atoms with van der Waals surface area (Å²) in [5.74, 6) is -1.30. The normalized spacial score (nSPS) is 12.6. The quantitative estimate of drug-likeness (QED) is 0.422. The van der Waals surface area contributed by atoms with Crippen LogP contribution in [0.5, 0.6) is 0 Å². The second-order valence-corrected chi connectivity index (χ2v) is 4.60. The van der Waals surface area contributed by atoms with Crippen molar-refractivity contribution in [3.8, 4) is 0 Å². The van der Waals surface area contributed by atoms with Gasteiger partial charge in [-0.25, -0.2) is 0 Å². The lowest BCUT2D eigenvalue weighted by molar-refractivity contribution is -0.171. The van der Waals surface area contributed by atoms with E-state index in [1.165, 1.54) is 14.2 Å². The van der Waals surface area contributed by atoms with Crippen LogP contribution >= 0.6 is 0 Å². The molecule has 0 aliphatic rings. The molecule has 0 aromatic carbocycles. The maximum Gasteiger partial charge on any atom is 0.323 e. The Morgan fingerprint density at radius 1 is 1.18 bits per heavy atom. The average Bonchev–Trinajstić information content (AvgIpc) is 2.32. The van der Waals surface area contributed by atoms with Crippen LogP contribution in [0.15, 0.2) is 11.6 Å². The zero-order valence-electron chi connectivity index (χ0n) is 11.5. The Balaban J connectivity index is 5.11. The Kier molecular flexibility index (Phi) is 5.93. The van der Waals surface area contributed by atoms with Gasteiger partial charge in [-0.05, 0) is 33.1 Å². The molecule has 1 unspecified atom stereocenters. The van der Waals surface area contributed by atoms with Crippen molar-refractivity contribution in [2.75, 3.05) is 14.2 Å². The van der Waals surface area contributed by atoms with E-state index in [4.69, 9.17) is 9.47 Å². The van der Waals surface area contributed by atoms with Crippen LogP contribution in [0, 0.1) is 11.3 Å². The highest BCUT2D eigenvalue weighted by Crippen LogP contribution is 2.33. The van der Waals surface area contributed by atoms with Crippen LogP contribution < -0.4 is 0 Å². The SMILES string of the molecule is COC(=O)C(C)(C(=O)OC)C(C)CC=C(C)C. The van der Waals surface area contributed by atoms with E-state index in [9.17, 15) is 9.59 Å². The molecule has 1 atom stereocenters. The summed E-state index contributed by atoms with van der Waals surface area (Å²) in [6, 6.07) is 0. The fourth-order valence-corrected chi connectivity index (χ4v) is 1.56. The summed E-state index contributed by atoms with van der Waals surface area (Å²) in [6.45, 7) is 7.35. The number of hydrogen-bond acceptors (Lipinski definition) is 4. The smallest absolute Gasteiger partial charge is 0.323 e. The number of ether oxygens (including phenoxy) is 2. The van der Waals surface area contributed by atoms with Crippen molar-refractivity contribution in [1.82, 2.24) is 0 Å². The molecule has 0 aliphatic heterocycles. The molecule has 0 fully saturated rings. The molecule has 0 heterocycles. The minimum atomic E-state index is -1.25. The van der Waals surface area contributed by atoms with Crippen molar-refractivity contribution < 1.29 is 19.1 Å². The summed E-state index contributed by atoms with van der Waals surface area (Å²) in [4.78, 5) is 23.6. The summed E-state index contributed by atoms with van der Waals surface area (Å²) < 4.78 is 9.41. The van der Waals surface area contributed by atoms with Gasteiger partial charge in [-0.2, -0.15) is 0 Å². The maximum atomic E-state index is 11.8. The monoisotopic (exact) mass is 242 g/mol. The van der Waals surface area contributed by atoms with E-state index in [-0.39, 0.29) is 5.92 Å². The van der Waals surface area contributed by atoms with Crippen molar-refractivity contribution in [2.45, 2.75) is 34.1 Å². The third-order valence-electron chi connectivity index (χ3n) is 3.08. The first kappa shape index (κ1) is 15.7. The largest absolute Gasteiger partial charge is 0.468 e. The second kappa shape index (κ2) is 6.42. The highest BCUT2D eigenvalue weighted by Gasteiger charge is 2.47. The summed E-state index contributed by atoms with van der Waals surface area (Å²) in [5.41, 5.74) is -0.107. The first-order chi connectivity index (χ1) is 7.80. The number of carbonyl (C=O) groups excluding carboxylic acids is 2. The zero-order chi connectivity index (χ0) is 13.6.